The zero-order valence-electron chi connectivity index (χ0n) is 10.8. The molecule has 0 bridgehead atoms. The minimum absolute atomic E-state index is 0.0180. The highest BCUT2D eigenvalue weighted by Crippen LogP contribution is 2.18. The fraction of sp³-hybridized carbons (Fsp3) is 0.357. The summed E-state index contributed by atoms with van der Waals surface area (Å²) in [7, 11) is 1.94. The van der Waals surface area contributed by atoms with Gasteiger partial charge in [-0.1, -0.05) is 40.2 Å². The SMILES string of the molecule is C=CCNC(=O)C(C)N(C)Cc1ccccc1Br. The molecule has 98 valence electrons. The van der Waals surface area contributed by atoms with Crippen molar-refractivity contribution in [3.05, 3.63) is 47.0 Å². The smallest absolute Gasteiger partial charge is 0.237 e. The number of likely N-dealkylation sites (N-methyl/N-ethyl adjacent to an activating group) is 1. The number of carbonyl (C=O) groups is 1. The lowest BCUT2D eigenvalue weighted by Gasteiger charge is -2.24. The summed E-state index contributed by atoms with van der Waals surface area (Å²) in [5, 5.41) is 2.80. The maximum atomic E-state index is 11.8. The maximum Gasteiger partial charge on any atom is 0.237 e. The van der Waals surface area contributed by atoms with Crippen LogP contribution in [0.4, 0.5) is 0 Å². The van der Waals surface area contributed by atoms with E-state index in [9.17, 15) is 4.79 Å². The molecule has 3 nitrogen and oxygen atoms in total. The van der Waals surface area contributed by atoms with Gasteiger partial charge in [-0.2, -0.15) is 0 Å². The van der Waals surface area contributed by atoms with E-state index in [1.165, 1.54) is 5.56 Å². The molecule has 1 aromatic rings. The standard InChI is InChI=1S/C14H19BrN2O/c1-4-9-16-14(18)11(2)17(3)10-12-7-5-6-8-13(12)15/h4-8,11H,1,9-10H2,2-3H3,(H,16,18). The lowest BCUT2D eigenvalue weighted by atomic mass is 10.2. The summed E-state index contributed by atoms with van der Waals surface area (Å²) < 4.78 is 1.07. The Morgan fingerprint density at radius 1 is 1.56 bits per heavy atom. The van der Waals surface area contributed by atoms with Crippen molar-refractivity contribution in [1.82, 2.24) is 10.2 Å². The van der Waals surface area contributed by atoms with Gasteiger partial charge in [0.25, 0.3) is 0 Å². The summed E-state index contributed by atoms with van der Waals surface area (Å²) in [5.74, 6) is 0.0180. The molecule has 1 aromatic carbocycles. The van der Waals surface area contributed by atoms with E-state index in [1.54, 1.807) is 6.08 Å². The predicted octanol–water partition coefficient (Wildman–Crippen LogP) is 2.57. The molecular formula is C14H19BrN2O. The molecule has 0 heterocycles. The third kappa shape index (κ3) is 4.27. The Bertz CT molecular complexity index is 420. The highest BCUT2D eigenvalue weighted by molar-refractivity contribution is 9.10. The monoisotopic (exact) mass is 310 g/mol. The molecule has 0 fully saturated rings. The number of benzene rings is 1. The van der Waals surface area contributed by atoms with Crippen LogP contribution in [0.15, 0.2) is 41.4 Å². The van der Waals surface area contributed by atoms with Gasteiger partial charge in [-0.25, -0.2) is 0 Å². The Kier molecular flexibility index (Phi) is 6.09. The zero-order chi connectivity index (χ0) is 13.5. The van der Waals surface area contributed by atoms with E-state index < -0.39 is 0 Å². The van der Waals surface area contributed by atoms with Crippen molar-refractivity contribution in [3.8, 4) is 0 Å². The molecule has 0 aromatic heterocycles. The van der Waals surface area contributed by atoms with Gasteiger partial charge < -0.3 is 5.32 Å². The van der Waals surface area contributed by atoms with Gasteiger partial charge in [0.2, 0.25) is 5.91 Å². The Morgan fingerprint density at radius 2 is 2.22 bits per heavy atom. The summed E-state index contributed by atoms with van der Waals surface area (Å²) in [5.41, 5.74) is 1.17. The van der Waals surface area contributed by atoms with E-state index in [1.807, 2.05) is 37.1 Å². The van der Waals surface area contributed by atoms with E-state index in [4.69, 9.17) is 0 Å². The van der Waals surface area contributed by atoms with E-state index in [2.05, 4.69) is 33.9 Å². The van der Waals surface area contributed by atoms with Crippen LogP contribution in [0.3, 0.4) is 0 Å². The second-order valence-corrected chi connectivity index (χ2v) is 5.07. The van der Waals surface area contributed by atoms with Crippen LogP contribution in [-0.2, 0) is 11.3 Å². The van der Waals surface area contributed by atoms with E-state index in [0.717, 1.165) is 11.0 Å². The van der Waals surface area contributed by atoms with Gasteiger partial charge in [-0.05, 0) is 25.6 Å². The predicted molar refractivity (Wildman–Crippen MR) is 78.3 cm³/mol. The Hall–Kier alpha value is -1.13. The molecule has 1 rings (SSSR count). The third-order valence-electron chi connectivity index (χ3n) is 2.84. The lowest BCUT2D eigenvalue weighted by Crippen LogP contribution is -2.42. The highest BCUT2D eigenvalue weighted by Gasteiger charge is 2.17. The number of rotatable bonds is 6. The van der Waals surface area contributed by atoms with Crippen LogP contribution in [0, 0.1) is 0 Å². The summed E-state index contributed by atoms with van der Waals surface area (Å²) in [6.07, 6.45) is 1.68. The number of carbonyl (C=O) groups excluding carboxylic acids is 1. The average Bonchev–Trinajstić information content (AvgIpc) is 2.37. The molecular weight excluding hydrogens is 292 g/mol. The molecule has 4 heteroatoms. The number of hydrogen-bond acceptors (Lipinski definition) is 2. The number of amides is 1. The van der Waals surface area contributed by atoms with Crippen molar-refractivity contribution in [1.29, 1.82) is 0 Å². The minimum atomic E-state index is -0.169. The quantitative estimate of drug-likeness (QED) is 0.819. The van der Waals surface area contributed by atoms with Crippen LogP contribution >= 0.6 is 15.9 Å². The van der Waals surface area contributed by atoms with Crippen molar-refractivity contribution in [3.63, 3.8) is 0 Å². The molecule has 0 aliphatic heterocycles. The Balaban J connectivity index is 2.59. The molecule has 1 unspecified atom stereocenters. The van der Waals surface area contributed by atoms with Crippen molar-refractivity contribution in [2.75, 3.05) is 13.6 Å². The fourth-order valence-corrected chi connectivity index (χ4v) is 1.96. The van der Waals surface area contributed by atoms with Crippen molar-refractivity contribution in [2.45, 2.75) is 19.5 Å². The Morgan fingerprint density at radius 3 is 2.83 bits per heavy atom. The van der Waals surface area contributed by atoms with Gasteiger partial charge in [0.15, 0.2) is 0 Å². The molecule has 0 radical (unpaired) electrons. The molecule has 0 aliphatic rings. The molecule has 0 saturated heterocycles. The Labute approximate surface area is 117 Å². The first-order valence-corrected chi connectivity index (χ1v) is 6.67. The van der Waals surface area contributed by atoms with E-state index in [-0.39, 0.29) is 11.9 Å². The first-order valence-electron chi connectivity index (χ1n) is 5.88. The summed E-state index contributed by atoms with van der Waals surface area (Å²) in [4.78, 5) is 13.8. The van der Waals surface area contributed by atoms with Crippen LogP contribution in [-0.4, -0.2) is 30.4 Å². The van der Waals surface area contributed by atoms with Crippen LogP contribution in [0.25, 0.3) is 0 Å². The van der Waals surface area contributed by atoms with Crippen LogP contribution in [0.2, 0.25) is 0 Å². The largest absolute Gasteiger partial charge is 0.351 e. The summed E-state index contributed by atoms with van der Waals surface area (Å²) in [6.45, 7) is 6.71. The third-order valence-corrected chi connectivity index (χ3v) is 3.61. The number of halogens is 1. The van der Waals surface area contributed by atoms with Gasteiger partial charge in [-0.15, -0.1) is 6.58 Å². The summed E-state index contributed by atoms with van der Waals surface area (Å²) in [6, 6.07) is 7.86. The van der Waals surface area contributed by atoms with Crippen molar-refractivity contribution >= 4 is 21.8 Å². The lowest BCUT2D eigenvalue weighted by molar-refractivity contribution is -0.125. The van der Waals surface area contributed by atoms with Gasteiger partial charge in [0, 0.05) is 17.6 Å². The van der Waals surface area contributed by atoms with E-state index >= 15 is 0 Å². The van der Waals surface area contributed by atoms with Crippen molar-refractivity contribution < 1.29 is 4.79 Å². The molecule has 18 heavy (non-hydrogen) atoms. The highest BCUT2D eigenvalue weighted by atomic mass is 79.9. The van der Waals surface area contributed by atoms with Crippen LogP contribution < -0.4 is 5.32 Å². The molecule has 0 spiro atoms. The van der Waals surface area contributed by atoms with Gasteiger partial charge >= 0.3 is 0 Å². The van der Waals surface area contributed by atoms with Crippen LogP contribution in [0.1, 0.15) is 12.5 Å². The first kappa shape index (κ1) is 14.9. The molecule has 1 N–H and O–H groups in total. The maximum absolute atomic E-state index is 11.8. The second-order valence-electron chi connectivity index (χ2n) is 4.22. The normalized spacial score (nSPS) is 12.2. The second kappa shape index (κ2) is 7.34. The molecule has 1 atom stereocenters. The first-order chi connectivity index (χ1) is 8.56. The zero-order valence-corrected chi connectivity index (χ0v) is 12.4. The van der Waals surface area contributed by atoms with Gasteiger partial charge in [0.05, 0.1) is 6.04 Å². The van der Waals surface area contributed by atoms with Crippen molar-refractivity contribution in [2.24, 2.45) is 0 Å². The topological polar surface area (TPSA) is 32.3 Å². The number of nitrogens with zero attached hydrogens (tertiary/aromatic N) is 1. The number of hydrogen-bond donors (Lipinski definition) is 1. The molecule has 1 amide bonds. The average molecular weight is 311 g/mol. The number of nitrogens with one attached hydrogen (secondary N) is 1. The fourth-order valence-electron chi connectivity index (χ4n) is 1.55. The molecule has 0 aliphatic carbocycles. The van der Waals surface area contributed by atoms with Gasteiger partial charge in [-0.3, -0.25) is 9.69 Å². The molecule has 0 saturated carbocycles. The summed E-state index contributed by atoms with van der Waals surface area (Å²) >= 11 is 3.51. The van der Waals surface area contributed by atoms with Gasteiger partial charge in [0.1, 0.15) is 0 Å². The van der Waals surface area contributed by atoms with Crippen LogP contribution in [0.5, 0.6) is 0 Å². The minimum Gasteiger partial charge on any atom is -0.351 e. The van der Waals surface area contributed by atoms with E-state index in [0.29, 0.717) is 6.54 Å².